The van der Waals surface area contributed by atoms with Crippen molar-refractivity contribution < 1.29 is 13.9 Å². The standard InChI is InChI=1S/C22H22ClNO4/c1-2-3-16-12-22(26)28-20-13-18(8-9-19(16)20)27-14-21(25)24-11-10-15-4-6-17(23)7-5-15/h4-9,12-13H,2-3,10-11,14H2,1H3,(H,24,25). The molecular weight excluding hydrogens is 378 g/mol. The Kier molecular flexibility index (Phi) is 6.71. The molecular formula is C22H22ClNO4. The predicted molar refractivity (Wildman–Crippen MR) is 110 cm³/mol. The molecule has 0 atom stereocenters. The summed E-state index contributed by atoms with van der Waals surface area (Å²) >= 11 is 5.85. The molecule has 0 fully saturated rings. The Balaban J connectivity index is 1.55. The van der Waals surface area contributed by atoms with E-state index in [1.807, 2.05) is 30.3 Å². The number of fused-ring (bicyclic) bond motifs is 1. The third kappa shape index (κ3) is 5.36. The fourth-order valence-corrected chi connectivity index (χ4v) is 3.10. The van der Waals surface area contributed by atoms with Crippen molar-refractivity contribution in [2.24, 2.45) is 0 Å². The van der Waals surface area contributed by atoms with Crippen LogP contribution in [0.4, 0.5) is 0 Å². The maximum atomic E-state index is 12.0. The Hall–Kier alpha value is -2.79. The van der Waals surface area contributed by atoms with Crippen LogP contribution in [-0.2, 0) is 17.6 Å². The van der Waals surface area contributed by atoms with Crippen LogP contribution in [0.1, 0.15) is 24.5 Å². The smallest absolute Gasteiger partial charge is 0.336 e. The summed E-state index contributed by atoms with van der Waals surface area (Å²) < 4.78 is 10.8. The first-order valence-corrected chi connectivity index (χ1v) is 9.63. The van der Waals surface area contributed by atoms with Crippen LogP contribution < -0.4 is 15.7 Å². The Bertz CT molecular complexity index is 1010. The lowest BCUT2D eigenvalue weighted by Crippen LogP contribution is -2.30. The van der Waals surface area contributed by atoms with Gasteiger partial charge in [-0.1, -0.05) is 37.1 Å². The summed E-state index contributed by atoms with van der Waals surface area (Å²) in [7, 11) is 0. The second-order valence-corrected chi connectivity index (χ2v) is 6.95. The van der Waals surface area contributed by atoms with Crippen molar-refractivity contribution in [3.8, 4) is 5.75 Å². The highest BCUT2D eigenvalue weighted by Crippen LogP contribution is 2.23. The molecule has 5 nitrogen and oxygen atoms in total. The molecule has 0 aliphatic carbocycles. The van der Waals surface area contributed by atoms with Gasteiger partial charge in [0.25, 0.3) is 5.91 Å². The number of ether oxygens (including phenoxy) is 1. The molecule has 0 saturated carbocycles. The van der Waals surface area contributed by atoms with Crippen LogP contribution in [-0.4, -0.2) is 19.1 Å². The Morgan fingerprint density at radius 2 is 1.89 bits per heavy atom. The lowest BCUT2D eigenvalue weighted by Gasteiger charge is -2.09. The quantitative estimate of drug-likeness (QED) is 0.578. The Morgan fingerprint density at radius 1 is 1.11 bits per heavy atom. The molecule has 1 aromatic heterocycles. The van der Waals surface area contributed by atoms with E-state index >= 15 is 0 Å². The third-order valence-corrected chi connectivity index (χ3v) is 4.59. The molecule has 0 unspecified atom stereocenters. The Labute approximate surface area is 168 Å². The summed E-state index contributed by atoms with van der Waals surface area (Å²) in [6.45, 7) is 2.46. The maximum Gasteiger partial charge on any atom is 0.336 e. The number of benzene rings is 2. The maximum absolute atomic E-state index is 12.0. The van der Waals surface area contributed by atoms with E-state index in [2.05, 4.69) is 12.2 Å². The van der Waals surface area contributed by atoms with Gasteiger partial charge in [0, 0.05) is 29.1 Å². The second-order valence-electron chi connectivity index (χ2n) is 6.51. The van der Waals surface area contributed by atoms with Crippen molar-refractivity contribution in [2.75, 3.05) is 13.2 Å². The first kappa shape index (κ1) is 20.0. The number of hydrogen-bond donors (Lipinski definition) is 1. The summed E-state index contributed by atoms with van der Waals surface area (Å²) in [4.78, 5) is 23.7. The molecule has 28 heavy (non-hydrogen) atoms. The molecule has 146 valence electrons. The second kappa shape index (κ2) is 9.42. The number of aryl methyl sites for hydroxylation is 1. The van der Waals surface area contributed by atoms with E-state index in [0.29, 0.717) is 29.3 Å². The molecule has 0 radical (unpaired) electrons. The van der Waals surface area contributed by atoms with Crippen LogP contribution in [0.3, 0.4) is 0 Å². The first-order valence-electron chi connectivity index (χ1n) is 9.26. The molecule has 3 aromatic rings. The highest BCUT2D eigenvalue weighted by molar-refractivity contribution is 6.30. The van der Waals surface area contributed by atoms with Crippen molar-refractivity contribution in [3.05, 3.63) is 75.1 Å². The molecule has 1 amide bonds. The molecule has 3 rings (SSSR count). The Morgan fingerprint density at radius 3 is 2.64 bits per heavy atom. The van der Waals surface area contributed by atoms with Gasteiger partial charge in [-0.25, -0.2) is 4.79 Å². The molecule has 1 N–H and O–H groups in total. The number of amides is 1. The van der Waals surface area contributed by atoms with Crippen molar-refractivity contribution in [3.63, 3.8) is 0 Å². The van der Waals surface area contributed by atoms with Crippen molar-refractivity contribution >= 4 is 28.5 Å². The fourth-order valence-electron chi connectivity index (χ4n) is 2.97. The average Bonchev–Trinajstić information content (AvgIpc) is 2.68. The summed E-state index contributed by atoms with van der Waals surface area (Å²) in [5, 5.41) is 4.40. The van der Waals surface area contributed by atoms with Gasteiger partial charge in [0.2, 0.25) is 0 Å². The van der Waals surface area contributed by atoms with Gasteiger partial charge in [0.15, 0.2) is 6.61 Å². The van der Waals surface area contributed by atoms with E-state index in [-0.39, 0.29) is 18.1 Å². The average molecular weight is 400 g/mol. The molecule has 0 aliphatic heterocycles. The largest absolute Gasteiger partial charge is 0.484 e. The number of nitrogens with one attached hydrogen (secondary N) is 1. The lowest BCUT2D eigenvalue weighted by atomic mass is 10.1. The molecule has 1 heterocycles. The summed E-state index contributed by atoms with van der Waals surface area (Å²) in [6, 6.07) is 14.3. The van der Waals surface area contributed by atoms with Gasteiger partial charge in [-0.15, -0.1) is 0 Å². The topological polar surface area (TPSA) is 68.5 Å². The normalized spacial score (nSPS) is 10.8. The van der Waals surface area contributed by atoms with E-state index in [1.165, 1.54) is 6.07 Å². The van der Waals surface area contributed by atoms with E-state index in [4.69, 9.17) is 20.8 Å². The molecule has 0 bridgehead atoms. The molecule has 0 spiro atoms. The lowest BCUT2D eigenvalue weighted by molar-refractivity contribution is -0.123. The van der Waals surface area contributed by atoms with Crippen LogP contribution in [0, 0.1) is 0 Å². The summed E-state index contributed by atoms with van der Waals surface area (Å²) in [5.41, 5.74) is 2.14. The molecule has 2 aromatic carbocycles. The zero-order valence-corrected chi connectivity index (χ0v) is 16.4. The van der Waals surface area contributed by atoms with Gasteiger partial charge in [-0.2, -0.15) is 0 Å². The monoisotopic (exact) mass is 399 g/mol. The zero-order valence-electron chi connectivity index (χ0n) is 15.7. The van der Waals surface area contributed by atoms with Crippen molar-refractivity contribution in [1.82, 2.24) is 5.32 Å². The van der Waals surface area contributed by atoms with E-state index in [1.54, 1.807) is 12.1 Å². The third-order valence-electron chi connectivity index (χ3n) is 4.34. The van der Waals surface area contributed by atoms with Crippen LogP contribution in [0.25, 0.3) is 11.0 Å². The molecule has 0 saturated heterocycles. The van der Waals surface area contributed by atoms with Crippen molar-refractivity contribution in [2.45, 2.75) is 26.2 Å². The number of rotatable bonds is 8. The summed E-state index contributed by atoms with van der Waals surface area (Å²) in [5.74, 6) is 0.271. The van der Waals surface area contributed by atoms with Crippen LogP contribution in [0.2, 0.25) is 5.02 Å². The van der Waals surface area contributed by atoms with Gasteiger partial charge >= 0.3 is 5.63 Å². The van der Waals surface area contributed by atoms with Crippen LogP contribution in [0.5, 0.6) is 5.75 Å². The number of halogens is 1. The fraction of sp³-hybridized carbons (Fsp3) is 0.273. The minimum Gasteiger partial charge on any atom is -0.484 e. The van der Waals surface area contributed by atoms with Crippen LogP contribution >= 0.6 is 11.6 Å². The minimum atomic E-state index is -0.381. The van der Waals surface area contributed by atoms with E-state index in [9.17, 15) is 9.59 Å². The number of hydrogen-bond acceptors (Lipinski definition) is 4. The first-order chi connectivity index (χ1) is 13.5. The van der Waals surface area contributed by atoms with Gasteiger partial charge < -0.3 is 14.5 Å². The molecule has 6 heteroatoms. The summed E-state index contributed by atoms with van der Waals surface area (Å²) in [6.07, 6.45) is 2.45. The minimum absolute atomic E-state index is 0.106. The van der Waals surface area contributed by atoms with Gasteiger partial charge in [0.1, 0.15) is 11.3 Å². The number of carbonyl (C=O) groups is 1. The van der Waals surface area contributed by atoms with E-state index < -0.39 is 0 Å². The highest BCUT2D eigenvalue weighted by atomic mass is 35.5. The van der Waals surface area contributed by atoms with Gasteiger partial charge in [-0.3, -0.25) is 4.79 Å². The SMILES string of the molecule is CCCc1cc(=O)oc2cc(OCC(=O)NCCc3ccc(Cl)cc3)ccc12. The number of carbonyl (C=O) groups excluding carboxylic acids is 1. The van der Waals surface area contributed by atoms with Gasteiger partial charge in [-0.05, 0) is 48.2 Å². The zero-order chi connectivity index (χ0) is 19.9. The van der Waals surface area contributed by atoms with Gasteiger partial charge in [0.05, 0.1) is 0 Å². The van der Waals surface area contributed by atoms with Crippen LogP contribution in [0.15, 0.2) is 57.7 Å². The predicted octanol–water partition coefficient (Wildman–Crippen LogP) is 4.14. The highest BCUT2D eigenvalue weighted by Gasteiger charge is 2.08. The van der Waals surface area contributed by atoms with Crippen molar-refractivity contribution in [1.29, 1.82) is 0 Å². The van der Waals surface area contributed by atoms with E-state index in [0.717, 1.165) is 29.4 Å². The molecule has 0 aliphatic rings.